The van der Waals surface area contributed by atoms with E-state index in [2.05, 4.69) is 13.8 Å². The van der Waals surface area contributed by atoms with Gasteiger partial charge in [-0.3, -0.25) is 0 Å². The molecule has 6 nitrogen and oxygen atoms in total. The predicted molar refractivity (Wildman–Crippen MR) is 81.9 cm³/mol. The Morgan fingerprint density at radius 3 is 1.59 bits per heavy atom. The normalized spacial score (nSPS) is 19.9. The van der Waals surface area contributed by atoms with Crippen molar-refractivity contribution in [2.75, 3.05) is 26.4 Å². The first-order valence-corrected chi connectivity index (χ1v) is 7.36. The molecular formula is C15H23BO6. The van der Waals surface area contributed by atoms with Crippen LogP contribution in [0, 0.1) is 0 Å². The Hall–Kier alpha value is -0.955. The van der Waals surface area contributed by atoms with Gasteiger partial charge >= 0.3 is 7.12 Å². The molecule has 4 N–H and O–H groups in total. The van der Waals surface area contributed by atoms with E-state index in [4.69, 9.17) is 9.31 Å². The molecule has 0 bridgehead atoms. The second kappa shape index (κ2) is 6.66. The molecule has 0 saturated carbocycles. The zero-order chi connectivity index (χ0) is 16.4. The van der Waals surface area contributed by atoms with Crippen LogP contribution in [-0.4, -0.2) is 65.2 Å². The zero-order valence-electron chi connectivity index (χ0n) is 12.9. The van der Waals surface area contributed by atoms with Crippen molar-refractivity contribution in [2.24, 2.45) is 0 Å². The lowest BCUT2D eigenvalue weighted by Crippen LogP contribution is -2.61. The van der Waals surface area contributed by atoms with Crippen molar-refractivity contribution in [3.05, 3.63) is 29.8 Å². The zero-order valence-corrected chi connectivity index (χ0v) is 12.9. The standard InChI is InChI=1S/C15H23BO6/c1-11(2)12-3-5-13(6-4-12)16-21-14(7-17,8-18)15(9-19,10-20)22-16/h3-6,11,17-20H,7-10H2,1-2H3. The molecule has 0 aliphatic carbocycles. The summed E-state index contributed by atoms with van der Waals surface area (Å²) in [4.78, 5) is 0. The van der Waals surface area contributed by atoms with Crippen LogP contribution in [0.5, 0.6) is 0 Å². The van der Waals surface area contributed by atoms with Gasteiger partial charge in [0.2, 0.25) is 0 Å². The Kier molecular flexibility index (Phi) is 5.27. The lowest BCUT2D eigenvalue weighted by atomic mass is 9.78. The highest BCUT2D eigenvalue weighted by Gasteiger charge is 2.62. The summed E-state index contributed by atoms with van der Waals surface area (Å²) in [5, 5.41) is 38.4. The molecule has 0 unspecified atom stereocenters. The first-order valence-electron chi connectivity index (χ1n) is 7.36. The first kappa shape index (κ1) is 17.4. The van der Waals surface area contributed by atoms with Gasteiger partial charge in [-0.25, -0.2) is 0 Å². The molecule has 1 aliphatic rings. The number of rotatable bonds is 6. The molecule has 1 aliphatic heterocycles. The maximum Gasteiger partial charge on any atom is 0.495 e. The summed E-state index contributed by atoms with van der Waals surface area (Å²) >= 11 is 0. The predicted octanol–water partition coefficient (Wildman–Crippen LogP) is -1.00. The third-order valence-corrected chi connectivity index (χ3v) is 4.39. The lowest BCUT2D eigenvalue weighted by Gasteiger charge is -2.39. The van der Waals surface area contributed by atoms with Gasteiger partial charge in [0.1, 0.15) is 11.2 Å². The fourth-order valence-corrected chi connectivity index (χ4v) is 2.65. The van der Waals surface area contributed by atoms with Gasteiger partial charge in [-0.15, -0.1) is 0 Å². The highest BCUT2D eigenvalue weighted by molar-refractivity contribution is 6.62. The van der Waals surface area contributed by atoms with Crippen LogP contribution >= 0.6 is 0 Å². The molecular weight excluding hydrogens is 287 g/mol. The van der Waals surface area contributed by atoms with Crippen LogP contribution in [0.3, 0.4) is 0 Å². The summed E-state index contributed by atoms with van der Waals surface area (Å²) in [6.07, 6.45) is 0. The van der Waals surface area contributed by atoms with Crippen molar-refractivity contribution >= 4 is 12.6 Å². The van der Waals surface area contributed by atoms with E-state index in [-0.39, 0.29) is 0 Å². The van der Waals surface area contributed by atoms with Gasteiger partial charge in [-0.2, -0.15) is 0 Å². The van der Waals surface area contributed by atoms with Gasteiger partial charge in [0, 0.05) is 0 Å². The van der Waals surface area contributed by atoms with E-state index < -0.39 is 44.7 Å². The maximum atomic E-state index is 9.61. The Balaban J connectivity index is 2.31. The molecule has 1 aromatic carbocycles. The third-order valence-electron chi connectivity index (χ3n) is 4.39. The topological polar surface area (TPSA) is 99.4 Å². The average Bonchev–Trinajstić information content (AvgIpc) is 2.90. The molecule has 0 spiro atoms. The van der Waals surface area contributed by atoms with Crippen molar-refractivity contribution in [3.8, 4) is 0 Å². The summed E-state index contributed by atoms with van der Waals surface area (Å²) in [6.45, 7) is 1.86. The molecule has 0 amide bonds. The van der Waals surface area contributed by atoms with Gasteiger partial charge in [-0.05, 0) is 16.9 Å². The first-order chi connectivity index (χ1) is 10.5. The number of hydrogen-bond donors (Lipinski definition) is 4. The molecule has 1 fully saturated rings. The summed E-state index contributed by atoms with van der Waals surface area (Å²) in [6, 6.07) is 7.57. The second-order valence-corrected chi connectivity index (χ2v) is 6.01. The number of aliphatic hydroxyl groups excluding tert-OH is 4. The lowest BCUT2D eigenvalue weighted by molar-refractivity contribution is -0.147. The molecule has 1 aromatic rings. The molecule has 122 valence electrons. The Bertz CT molecular complexity index is 461. The van der Waals surface area contributed by atoms with E-state index >= 15 is 0 Å². The fourth-order valence-electron chi connectivity index (χ4n) is 2.65. The van der Waals surface area contributed by atoms with E-state index in [9.17, 15) is 20.4 Å². The SMILES string of the molecule is CC(C)c1ccc(B2OC(CO)(CO)C(CO)(CO)O2)cc1. The Morgan fingerprint density at radius 2 is 1.27 bits per heavy atom. The smallest absolute Gasteiger partial charge is 0.394 e. The molecule has 0 radical (unpaired) electrons. The molecule has 7 heteroatoms. The van der Waals surface area contributed by atoms with E-state index in [1.807, 2.05) is 24.3 Å². The van der Waals surface area contributed by atoms with Gasteiger partial charge in [0.25, 0.3) is 0 Å². The van der Waals surface area contributed by atoms with Crippen molar-refractivity contribution in [1.82, 2.24) is 0 Å². The third kappa shape index (κ3) is 2.69. The minimum Gasteiger partial charge on any atom is -0.394 e. The van der Waals surface area contributed by atoms with Crippen LogP contribution in [0.2, 0.25) is 0 Å². The van der Waals surface area contributed by atoms with E-state index in [1.165, 1.54) is 0 Å². The van der Waals surface area contributed by atoms with Crippen molar-refractivity contribution in [3.63, 3.8) is 0 Å². The van der Waals surface area contributed by atoms with E-state index in [0.717, 1.165) is 5.56 Å². The molecule has 1 heterocycles. The minimum atomic E-state index is -1.56. The number of hydrogen-bond acceptors (Lipinski definition) is 6. The molecule has 1 saturated heterocycles. The Labute approximate surface area is 130 Å². The molecule has 2 rings (SSSR count). The monoisotopic (exact) mass is 310 g/mol. The van der Waals surface area contributed by atoms with Crippen molar-refractivity contribution in [2.45, 2.75) is 31.0 Å². The van der Waals surface area contributed by atoms with Crippen LogP contribution < -0.4 is 5.46 Å². The largest absolute Gasteiger partial charge is 0.495 e. The summed E-state index contributed by atoms with van der Waals surface area (Å²) in [5.41, 5.74) is -1.26. The van der Waals surface area contributed by atoms with Crippen LogP contribution in [-0.2, 0) is 9.31 Å². The van der Waals surface area contributed by atoms with Crippen LogP contribution in [0.25, 0.3) is 0 Å². The van der Waals surface area contributed by atoms with Crippen molar-refractivity contribution in [1.29, 1.82) is 0 Å². The van der Waals surface area contributed by atoms with Gasteiger partial charge in [0.15, 0.2) is 0 Å². The summed E-state index contributed by atoms with van der Waals surface area (Å²) in [5.74, 6) is 0.391. The summed E-state index contributed by atoms with van der Waals surface area (Å²) < 4.78 is 11.4. The van der Waals surface area contributed by atoms with Crippen LogP contribution in [0.1, 0.15) is 25.3 Å². The number of benzene rings is 1. The van der Waals surface area contributed by atoms with Gasteiger partial charge in [-0.1, -0.05) is 38.1 Å². The fraction of sp³-hybridized carbons (Fsp3) is 0.600. The summed E-state index contributed by atoms with van der Waals surface area (Å²) in [7, 11) is -0.875. The highest BCUT2D eigenvalue weighted by atomic mass is 16.7. The quantitative estimate of drug-likeness (QED) is 0.503. The molecule has 0 aromatic heterocycles. The van der Waals surface area contributed by atoms with E-state index in [1.54, 1.807) is 0 Å². The average molecular weight is 310 g/mol. The number of aliphatic hydroxyl groups is 4. The highest BCUT2D eigenvalue weighted by Crippen LogP contribution is 2.37. The molecule has 0 atom stereocenters. The van der Waals surface area contributed by atoms with E-state index in [0.29, 0.717) is 11.4 Å². The van der Waals surface area contributed by atoms with Crippen molar-refractivity contribution < 1.29 is 29.7 Å². The maximum absolute atomic E-state index is 9.61. The Morgan fingerprint density at radius 1 is 0.864 bits per heavy atom. The van der Waals surface area contributed by atoms with Crippen LogP contribution in [0.15, 0.2) is 24.3 Å². The minimum absolute atomic E-state index is 0.391. The van der Waals surface area contributed by atoms with Crippen LogP contribution in [0.4, 0.5) is 0 Å². The van der Waals surface area contributed by atoms with Gasteiger partial charge < -0.3 is 29.7 Å². The molecule has 22 heavy (non-hydrogen) atoms. The second-order valence-electron chi connectivity index (χ2n) is 6.01. The van der Waals surface area contributed by atoms with Gasteiger partial charge in [0.05, 0.1) is 26.4 Å².